The molecule has 2 rings (SSSR count). The third-order valence-corrected chi connectivity index (χ3v) is 7.51. The van der Waals surface area contributed by atoms with Crippen molar-refractivity contribution in [2.45, 2.75) is 65.2 Å². The molecule has 34 heavy (non-hydrogen) atoms. The number of carbonyl (C=O) groups excluding carboxylic acids is 1. The zero-order valence-electron chi connectivity index (χ0n) is 19.8. The van der Waals surface area contributed by atoms with E-state index >= 15 is 0 Å². The van der Waals surface area contributed by atoms with Gasteiger partial charge in [-0.05, 0) is 30.7 Å². The summed E-state index contributed by atoms with van der Waals surface area (Å²) in [5.41, 5.74) is 1.48. The maximum atomic E-state index is 11.5. The van der Waals surface area contributed by atoms with Crippen LogP contribution in [0.3, 0.4) is 0 Å². The summed E-state index contributed by atoms with van der Waals surface area (Å²) >= 11 is 7.03. The minimum Gasteiger partial charge on any atom is -0.371 e. The molecule has 0 radical (unpaired) electrons. The first-order chi connectivity index (χ1) is 16.2. The molecule has 1 aromatic carbocycles. The van der Waals surface area contributed by atoms with Crippen LogP contribution in [0.4, 0.5) is 16.5 Å². The number of halogens is 1. The molecule has 0 saturated heterocycles. The quantitative estimate of drug-likeness (QED) is 0.101. The lowest BCUT2D eigenvalue weighted by Crippen LogP contribution is -2.27. The molecule has 0 amide bonds. The Balaban J connectivity index is 1.95. The molecule has 0 atom stereocenters. The molecule has 188 valence electrons. The highest BCUT2D eigenvalue weighted by Crippen LogP contribution is 2.35. The molecule has 0 aliphatic rings. The predicted octanol–water partition coefficient (Wildman–Crippen LogP) is 7.54. The first kappa shape index (κ1) is 28.6. The largest absolute Gasteiger partial charge is 0.371 e. The van der Waals surface area contributed by atoms with E-state index in [9.17, 15) is 19.1 Å². The van der Waals surface area contributed by atoms with Crippen molar-refractivity contribution >= 4 is 52.8 Å². The summed E-state index contributed by atoms with van der Waals surface area (Å²) in [4.78, 5) is 36.5. The van der Waals surface area contributed by atoms with E-state index in [1.165, 1.54) is 45.4 Å². The van der Waals surface area contributed by atoms with Gasteiger partial charge in [0.25, 0.3) is 0 Å². The van der Waals surface area contributed by atoms with Crippen molar-refractivity contribution in [2.75, 3.05) is 24.2 Å². The van der Waals surface area contributed by atoms with Crippen molar-refractivity contribution in [1.82, 2.24) is 4.98 Å². The van der Waals surface area contributed by atoms with Crippen molar-refractivity contribution in [1.29, 1.82) is 0 Å². The molecule has 2 N–H and O–H groups in total. The standard InChI is InChI=1S/C23H34ClN4O4PS/c1-3-4-5-6-7-8-9-10-15-28(16-17-33(30,31)32)20-13-11-19(12-14-20)26-27-23-25-22(24)21(34-23)18(2)29/h11-14H,3-10,15-17H2,1-2H3,(H2,30,31,32). The van der Waals surface area contributed by atoms with Gasteiger partial charge in [0.05, 0.1) is 11.8 Å². The van der Waals surface area contributed by atoms with Gasteiger partial charge in [-0.25, -0.2) is 4.98 Å². The van der Waals surface area contributed by atoms with E-state index in [2.05, 4.69) is 22.1 Å². The third-order valence-electron chi connectivity index (χ3n) is 5.30. The van der Waals surface area contributed by atoms with E-state index in [1.807, 2.05) is 17.0 Å². The number of aromatic nitrogens is 1. The Hall–Kier alpha value is -1.64. The van der Waals surface area contributed by atoms with Crippen LogP contribution in [0.2, 0.25) is 5.15 Å². The number of nitrogens with zero attached hydrogens (tertiary/aromatic N) is 4. The Bertz CT molecular complexity index is 978. The second kappa shape index (κ2) is 14.7. The number of azo groups is 1. The average molecular weight is 529 g/mol. The van der Waals surface area contributed by atoms with Crippen molar-refractivity contribution in [3.8, 4) is 0 Å². The summed E-state index contributed by atoms with van der Waals surface area (Å²) in [6.45, 7) is 4.66. The molecule has 0 aliphatic carbocycles. The number of Topliss-reactive ketones (excluding diaryl/α,β-unsaturated/α-hetero) is 1. The summed E-state index contributed by atoms with van der Waals surface area (Å²) in [6.07, 6.45) is 9.41. The topological polar surface area (TPSA) is 115 Å². The van der Waals surface area contributed by atoms with Crippen LogP contribution in [0.25, 0.3) is 0 Å². The lowest BCUT2D eigenvalue weighted by molar-refractivity contribution is 0.102. The fourth-order valence-corrected chi connectivity index (χ4v) is 4.99. The van der Waals surface area contributed by atoms with Crippen LogP contribution in [0.15, 0.2) is 34.5 Å². The third kappa shape index (κ3) is 10.7. The number of anilines is 1. The maximum Gasteiger partial charge on any atom is 0.327 e. The Kier molecular flexibility index (Phi) is 12.4. The normalized spacial score (nSPS) is 11.9. The van der Waals surface area contributed by atoms with Gasteiger partial charge in [0.1, 0.15) is 4.88 Å². The zero-order valence-corrected chi connectivity index (χ0v) is 22.3. The highest BCUT2D eigenvalue weighted by atomic mass is 35.5. The smallest absolute Gasteiger partial charge is 0.327 e. The van der Waals surface area contributed by atoms with E-state index in [0.29, 0.717) is 15.7 Å². The number of hydrogen-bond acceptors (Lipinski definition) is 7. The lowest BCUT2D eigenvalue weighted by Gasteiger charge is -2.25. The van der Waals surface area contributed by atoms with Crippen molar-refractivity contribution in [3.05, 3.63) is 34.3 Å². The Morgan fingerprint density at radius 3 is 2.21 bits per heavy atom. The maximum absolute atomic E-state index is 11.5. The van der Waals surface area contributed by atoms with Crippen LogP contribution >= 0.6 is 30.5 Å². The van der Waals surface area contributed by atoms with E-state index in [4.69, 9.17) is 11.6 Å². The van der Waals surface area contributed by atoms with E-state index < -0.39 is 7.60 Å². The molecule has 0 saturated carbocycles. The number of ketones is 1. The Morgan fingerprint density at radius 2 is 1.65 bits per heavy atom. The molecule has 8 nitrogen and oxygen atoms in total. The molecule has 1 heterocycles. The molecule has 0 bridgehead atoms. The second-order valence-corrected chi connectivity index (χ2v) is 11.4. The molecule has 11 heteroatoms. The summed E-state index contributed by atoms with van der Waals surface area (Å²) in [5, 5.41) is 8.64. The van der Waals surface area contributed by atoms with Gasteiger partial charge in [-0.1, -0.05) is 74.8 Å². The molecule has 0 fully saturated rings. The highest BCUT2D eigenvalue weighted by molar-refractivity contribution is 7.51. The van der Waals surface area contributed by atoms with Gasteiger partial charge in [-0.2, -0.15) is 0 Å². The highest BCUT2D eigenvalue weighted by Gasteiger charge is 2.16. The number of rotatable bonds is 16. The molecule has 0 unspecified atom stereocenters. The fourth-order valence-electron chi connectivity index (χ4n) is 3.44. The number of carbonyl (C=O) groups is 1. The van der Waals surface area contributed by atoms with Crippen molar-refractivity contribution in [2.24, 2.45) is 10.2 Å². The summed E-state index contributed by atoms with van der Waals surface area (Å²) < 4.78 is 11.4. The number of thiazole rings is 1. The predicted molar refractivity (Wildman–Crippen MR) is 139 cm³/mol. The van der Waals surface area contributed by atoms with Gasteiger partial charge in [0.15, 0.2) is 10.9 Å². The van der Waals surface area contributed by atoms with E-state index in [-0.39, 0.29) is 23.6 Å². The molecular weight excluding hydrogens is 495 g/mol. The number of unbranched alkanes of at least 4 members (excludes halogenated alkanes) is 7. The summed E-state index contributed by atoms with van der Waals surface area (Å²) in [5.74, 6) is -0.166. The Labute approximate surface area is 210 Å². The summed E-state index contributed by atoms with van der Waals surface area (Å²) in [7, 11) is -4.08. The molecule has 2 aromatic rings. The number of hydrogen-bond donors (Lipinski definition) is 2. The minimum atomic E-state index is -4.08. The SMILES string of the molecule is CCCCCCCCCCN(CCP(=O)(O)O)c1ccc(N=Nc2nc(Cl)c(C(C)=O)s2)cc1. The van der Waals surface area contributed by atoms with Gasteiger partial charge in [-0.15, -0.1) is 10.2 Å². The first-order valence-electron chi connectivity index (χ1n) is 11.7. The fraction of sp³-hybridized carbons (Fsp3) is 0.565. The monoisotopic (exact) mass is 528 g/mol. The van der Waals surface area contributed by atoms with E-state index in [1.54, 1.807) is 12.1 Å². The minimum absolute atomic E-state index is 0.128. The average Bonchev–Trinajstić information content (AvgIpc) is 3.17. The van der Waals surface area contributed by atoms with Crippen LogP contribution < -0.4 is 4.90 Å². The van der Waals surface area contributed by atoms with Crippen LogP contribution in [-0.2, 0) is 4.57 Å². The van der Waals surface area contributed by atoms with Gasteiger partial charge < -0.3 is 14.7 Å². The summed E-state index contributed by atoms with van der Waals surface area (Å²) in [6, 6.07) is 7.32. The molecule has 1 aromatic heterocycles. The van der Waals surface area contributed by atoms with Gasteiger partial charge in [-0.3, -0.25) is 9.36 Å². The second-order valence-electron chi connectivity index (χ2n) is 8.24. The Morgan fingerprint density at radius 1 is 1.03 bits per heavy atom. The first-order valence-corrected chi connectivity index (χ1v) is 14.7. The van der Waals surface area contributed by atoms with Gasteiger partial charge in [0, 0.05) is 25.7 Å². The van der Waals surface area contributed by atoms with Crippen molar-refractivity contribution in [3.63, 3.8) is 0 Å². The van der Waals surface area contributed by atoms with Gasteiger partial charge in [0.2, 0.25) is 5.13 Å². The molecule has 0 aliphatic heterocycles. The van der Waals surface area contributed by atoms with Crippen LogP contribution in [0, 0.1) is 0 Å². The van der Waals surface area contributed by atoms with E-state index in [0.717, 1.165) is 36.4 Å². The zero-order chi connectivity index (χ0) is 25.0. The van der Waals surface area contributed by atoms with Crippen LogP contribution in [-0.4, -0.2) is 39.8 Å². The van der Waals surface area contributed by atoms with Crippen molar-refractivity contribution < 1.29 is 19.1 Å². The van der Waals surface area contributed by atoms with Crippen LogP contribution in [0.5, 0.6) is 0 Å². The van der Waals surface area contributed by atoms with Gasteiger partial charge >= 0.3 is 7.60 Å². The molecule has 0 spiro atoms. The number of benzene rings is 1. The molecular formula is C23H34ClN4O4PS. The lowest BCUT2D eigenvalue weighted by atomic mass is 10.1. The van der Waals surface area contributed by atoms with Crippen LogP contribution in [0.1, 0.15) is 74.9 Å².